The maximum absolute atomic E-state index is 14.5. The van der Waals surface area contributed by atoms with E-state index in [4.69, 9.17) is 16.3 Å². The van der Waals surface area contributed by atoms with Crippen LogP contribution in [0, 0.1) is 6.92 Å². The van der Waals surface area contributed by atoms with Gasteiger partial charge in [0.25, 0.3) is 10.0 Å². The highest BCUT2D eigenvalue weighted by Gasteiger charge is 2.35. The van der Waals surface area contributed by atoms with Gasteiger partial charge < -0.3 is 15.0 Å². The van der Waals surface area contributed by atoms with Gasteiger partial charge in [-0.25, -0.2) is 8.42 Å². The van der Waals surface area contributed by atoms with Gasteiger partial charge in [-0.1, -0.05) is 79.2 Å². The number of nitrogens with one attached hydrogen (secondary N) is 1. The number of nitrogens with zero attached hydrogens (tertiary/aromatic N) is 2. The summed E-state index contributed by atoms with van der Waals surface area (Å²) < 4.78 is 34.8. The molecular weight excluding hydrogens is 610 g/mol. The van der Waals surface area contributed by atoms with Crippen molar-refractivity contribution in [3.05, 3.63) is 125 Å². The van der Waals surface area contributed by atoms with Crippen molar-refractivity contribution >= 4 is 39.1 Å². The number of amides is 2. The lowest BCUT2D eigenvalue weighted by Gasteiger charge is -2.34. The second kappa shape index (κ2) is 15.6. The first-order chi connectivity index (χ1) is 21.6. The zero-order chi connectivity index (χ0) is 32.4. The molecule has 45 heavy (non-hydrogen) atoms. The quantitative estimate of drug-likeness (QED) is 0.181. The number of halogens is 1. The van der Waals surface area contributed by atoms with Gasteiger partial charge in [-0.3, -0.25) is 13.9 Å². The predicted octanol–water partition coefficient (Wildman–Crippen LogP) is 6.02. The lowest BCUT2D eigenvalue weighted by atomic mass is 10.0. The van der Waals surface area contributed by atoms with Crippen molar-refractivity contribution in [3.63, 3.8) is 0 Å². The highest BCUT2D eigenvalue weighted by atomic mass is 35.5. The molecule has 10 heteroatoms. The highest BCUT2D eigenvalue weighted by molar-refractivity contribution is 7.92. The SMILES string of the molecule is CCCNC(=O)[C@@H](Cc1ccccc1)N(Cc1cccc(OC)c1)C(=O)CN(c1ccc(Cl)cc1C)S(=O)(=O)c1ccccc1. The van der Waals surface area contributed by atoms with E-state index in [9.17, 15) is 18.0 Å². The minimum absolute atomic E-state index is 0.0352. The fourth-order valence-corrected chi connectivity index (χ4v) is 6.75. The number of benzene rings is 4. The lowest BCUT2D eigenvalue weighted by molar-refractivity contribution is -0.140. The van der Waals surface area contributed by atoms with Crippen LogP contribution in [0.1, 0.15) is 30.0 Å². The Labute approximate surface area is 270 Å². The van der Waals surface area contributed by atoms with Crippen LogP contribution in [-0.2, 0) is 32.6 Å². The molecule has 0 saturated heterocycles. The summed E-state index contributed by atoms with van der Waals surface area (Å²) >= 11 is 6.22. The third kappa shape index (κ3) is 8.65. The molecule has 4 aromatic rings. The van der Waals surface area contributed by atoms with Gasteiger partial charge >= 0.3 is 0 Å². The summed E-state index contributed by atoms with van der Waals surface area (Å²) in [6, 6.07) is 28.5. The smallest absolute Gasteiger partial charge is 0.264 e. The second-order valence-electron chi connectivity index (χ2n) is 10.6. The van der Waals surface area contributed by atoms with E-state index in [-0.39, 0.29) is 23.8 Å². The minimum Gasteiger partial charge on any atom is -0.497 e. The Morgan fingerprint density at radius 3 is 2.20 bits per heavy atom. The first-order valence-corrected chi connectivity index (χ1v) is 16.5. The summed E-state index contributed by atoms with van der Waals surface area (Å²) in [5, 5.41) is 3.39. The number of sulfonamides is 1. The molecule has 236 valence electrons. The van der Waals surface area contributed by atoms with Crippen LogP contribution in [0.25, 0.3) is 0 Å². The molecule has 4 rings (SSSR count). The van der Waals surface area contributed by atoms with Crippen LogP contribution >= 0.6 is 11.6 Å². The standard InChI is InChI=1S/C35H38ClN3O5S/c1-4-20-37-35(41)33(23-27-12-7-5-8-13-27)38(24-28-14-11-15-30(22-28)44-3)34(40)25-39(32-19-18-29(36)21-26(32)2)45(42,43)31-16-9-6-10-17-31/h5-19,21-22,33H,4,20,23-25H2,1-3H3,(H,37,41)/t33-/m1/s1. The van der Waals surface area contributed by atoms with Crippen LogP contribution in [0.5, 0.6) is 5.75 Å². The molecule has 2 amide bonds. The molecule has 1 N–H and O–H groups in total. The van der Waals surface area contributed by atoms with Crippen molar-refractivity contribution in [2.45, 2.75) is 44.2 Å². The molecule has 8 nitrogen and oxygen atoms in total. The van der Waals surface area contributed by atoms with Crippen LogP contribution in [0.3, 0.4) is 0 Å². The van der Waals surface area contributed by atoms with Crippen LogP contribution in [0.2, 0.25) is 5.02 Å². The molecule has 0 bridgehead atoms. The van der Waals surface area contributed by atoms with Crippen LogP contribution in [0.15, 0.2) is 108 Å². The van der Waals surface area contributed by atoms with Crippen molar-refractivity contribution in [2.75, 3.05) is 24.5 Å². The van der Waals surface area contributed by atoms with Crippen molar-refractivity contribution in [1.82, 2.24) is 10.2 Å². The van der Waals surface area contributed by atoms with Gasteiger partial charge in [0.1, 0.15) is 18.3 Å². The van der Waals surface area contributed by atoms with E-state index in [2.05, 4.69) is 5.32 Å². The lowest BCUT2D eigenvalue weighted by Crippen LogP contribution is -2.53. The Bertz CT molecular complexity index is 1700. The summed E-state index contributed by atoms with van der Waals surface area (Å²) in [6.07, 6.45) is 0.948. The number of anilines is 1. The molecule has 1 atom stereocenters. The van der Waals surface area contributed by atoms with E-state index in [1.54, 1.807) is 62.6 Å². The molecule has 0 aromatic heterocycles. The molecular formula is C35H38ClN3O5S. The van der Waals surface area contributed by atoms with Crippen molar-refractivity contribution in [3.8, 4) is 5.75 Å². The molecule has 0 aliphatic rings. The second-order valence-corrected chi connectivity index (χ2v) is 12.9. The molecule has 0 aliphatic carbocycles. The fraction of sp³-hybridized carbons (Fsp3) is 0.257. The number of hydrogen-bond donors (Lipinski definition) is 1. The molecule has 0 spiro atoms. The van der Waals surface area contributed by atoms with Gasteiger partial charge in [-0.05, 0) is 72.5 Å². The van der Waals surface area contributed by atoms with Crippen molar-refractivity contribution in [2.24, 2.45) is 0 Å². The third-order valence-electron chi connectivity index (χ3n) is 7.34. The van der Waals surface area contributed by atoms with Crippen LogP contribution in [-0.4, -0.2) is 51.4 Å². The summed E-state index contributed by atoms with van der Waals surface area (Å²) in [7, 11) is -2.64. The largest absolute Gasteiger partial charge is 0.497 e. The topological polar surface area (TPSA) is 96.0 Å². The van der Waals surface area contributed by atoms with E-state index in [0.717, 1.165) is 15.4 Å². The first kappa shape index (κ1) is 33.6. The van der Waals surface area contributed by atoms with E-state index in [1.165, 1.54) is 17.0 Å². The van der Waals surface area contributed by atoms with Crippen molar-refractivity contribution in [1.29, 1.82) is 0 Å². The zero-order valence-corrected chi connectivity index (χ0v) is 27.2. The fourth-order valence-electron chi connectivity index (χ4n) is 5.02. The van der Waals surface area contributed by atoms with Crippen molar-refractivity contribution < 1.29 is 22.7 Å². The Hall–Kier alpha value is -4.34. The number of rotatable bonds is 14. The number of carbonyl (C=O) groups excluding carboxylic acids is 2. The Morgan fingerprint density at radius 2 is 1.56 bits per heavy atom. The molecule has 0 saturated carbocycles. The predicted molar refractivity (Wildman–Crippen MR) is 178 cm³/mol. The number of ether oxygens (including phenoxy) is 1. The van der Waals surface area contributed by atoms with E-state index in [1.807, 2.05) is 49.4 Å². The number of hydrogen-bond acceptors (Lipinski definition) is 5. The van der Waals surface area contributed by atoms with Gasteiger partial charge in [0.15, 0.2) is 0 Å². The molecule has 4 aromatic carbocycles. The Balaban J connectivity index is 1.82. The molecule has 0 fully saturated rings. The van der Waals surface area contributed by atoms with Gasteiger partial charge in [-0.15, -0.1) is 0 Å². The number of methoxy groups -OCH3 is 1. The minimum atomic E-state index is -4.20. The van der Waals surface area contributed by atoms with Gasteiger partial charge in [0.05, 0.1) is 17.7 Å². The van der Waals surface area contributed by atoms with E-state index >= 15 is 0 Å². The van der Waals surface area contributed by atoms with Gasteiger partial charge in [0, 0.05) is 24.5 Å². The summed E-state index contributed by atoms with van der Waals surface area (Å²) in [5.41, 5.74) is 2.48. The molecule has 0 aliphatic heterocycles. The highest BCUT2D eigenvalue weighted by Crippen LogP contribution is 2.30. The van der Waals surface area contributed by atoms with Gasteiger partial charge in [0.2, 0.25) is 11.8 Å². The van der Waals surface area contributed by atoms with Gasteiger partial charge in [-0.2, -0.15) is 0 Å². The monoisotopic (exact) mass is 647 g/mol. The summed E-state index contributed by atoms with van der Waals surface area (Å²) in [4.78, 5) is 29.8. The third-order valence-corrected chi connectivity index (χ3v) is 9.35. The maximum atomic E-state index is 14.5. The Kier molecular flexibility index (Phi) is 11.6. The Morgan fingerprint density at radius 1 is 0.889 bits per heavy atom. The number of aryl methyl sites for hydroxylation is 1. The normalized spacial score (nSPS) is 11.8. The summed E-state index contributed by atoms with van der Waals surface area (Å²) in [6.45, 7) is 3.63. The molecule has 0 heterocycles. The van der Waals surface area contributed by atoms with E-state index < -0.39 is 28.5 Å². The molecule has 0 unspecified atom stereocenters. The molecule has 0 radical (unpaired) electrons. The maximum Gasteiger partial charge on any atom is 0.264 e. The average molecular weight is 648 g/mol. The average Bonchev–Trinajstić information content (AvgIpc) is 3.05. The van der Waals surface area contributed by atoms with Crippen LogP contribution < -0.4 is 14.4 Å². The van der Waals surface area contributed by atoms with Crippen LogP contribution in [0.4, 0.5) is 5.69 Å². The first-order valence-electron chi connectivity index (χ1n) is 14.7. The number of carbonyl (C=O) groups is 2. The summed E-state index contributed by atoms with van der Waals surface area (Å²) in [5.74, 6) is -0.267. The van der Waals surface area contributed by atoms with E-state index in [0.29, 0.717) is 35.0 Å². The zero-order valence-electron chi connectivity index (χ0n) is 25.6.